The molecule has 6 heteroatoms. The molecule has 0 bridgehead atoms. The fraction of sp³-hybridized carbons (Fsp3) is 0. The van der Waals surface area contributed by atoms with Gasteiger partial charge < -0.3 is 9.13 Å². The standard InChI is InChI=1S/C47H29N5S/c1-4-12-30(13-5-1)45-48-46(31-14-6-2-7-15-31)50-47(49-45)32-20-22-34(23-21-32)52-41-29-43-39(35-18-10-11-19-42(35)53-43)28-38(41)36-24-25-40-37(44(36)52)26-27-51(40)33-16-8-3-9-17-33/h1-29H. The fourth-order valence-corrected chi connectivity index (χ4v) is 8.84. The fourth-order valence-electron chi connectivity index (χ4n) is 7.72. The van der Waals surface area contributed by atoms with Crippen LogP contribution in [0.3, 0.4) is 0 Å². The van der Waals surface area contributed by atoms with Crippen LogP contribution < -0.4 is 0 Å². The Balaban J connectivity index is 1.13. The lowest BCUT2D eigenvalue weighted by Crippen LogP contribution is -2.00. The Bertz CT molecular complexity index is 3080. The molecule has 0 aliphatic heterocycles. The minimum Gasteiger partial charge on any atom is -0.316 e. The first-order chi connectivity index (χ1) is 26.3. The lowest BCUT2D eigenvalue weighted by molar-refractivity contribution is 1.07. The maximum absolute atomic E-state index is 4.99. The molecule has 5 nitrogen and oxygen atoms in total. The highest BCUT2D eigenvalue weighted by molar-refractivity contribution is 7.25. The Morgan fingerprint density at radius 2 is 0.981 bits per heavy atom. The van der Waals surface area contributed by atoms with Crippen molar-refractivity contribution in [1.29, 1.82) is 0 Å². The summed E-state index contributed by atoms with van der Waals surface area (Å²) < 4.78 is 7.31. The molecule has 53 heavy (non-hydrogen) atoms. The summed E-state index contributed by atoms with van der Waals surface area (Å²) in [6, 6.07) is 59.8. The summed E-state index contributed by atoms with van der Waals surface area (Å²) >= 11 is 1.85. The summed E-state index contributed by atoms with van der Waals surface area (Å²) in [6.45, 7) is 0. The number of hydrogen-bond acceptors (Lipinski definition) is 4. The molecule has 11 rings (SSSR count). The van der Waals surface area contributed by atoms with Crippen molar-refractivity contribution in [3.63, 3.8) is 0 Å². The molecule has 11 aromatic rings. The van der Waals surface area contributed by atoms with E-state index in [-0.39, 0.29) is 0 Å². The minimum atomic E-state index is 0.640. The topological polar surface area (TPSA) is 48.5 Å². The number of benzene rings is 7. The molecule has 0 saturated carbocycles. The van der Waals surface area contributed by atoms with E-state index < -0.39 is 0 Å². The van der Waals surface area contributed by atoms with Crippen LogP contribution in [0.2, 0.25) is 0 Å². The molecule has 248 valence electrons. The van der Waals surface area contributed by atoms with Crippen molar-refractivity contribution in [1.82, 2.24) is 24.1 Å². The monoisotopic (exact) mass is 695 g/mol. The molecule has 0 aliphatic rings. The minimum absolute atomic E-state index is 0.640. The second-order valence-corrected chi connectivity index (χ2v) is 14.4. The van der Waals surface area contributed by atoms with Crippen molar-refractivity contribution in [3.05, 3.63) is 176 Å². The van der Waals surface area contributed by atoms with E-state index in [0.717, 1.165) is 28.1 Å². The summed E-state index contributed by atoms with van der Waals surface area (Å²) in [5.74, 6) is 1.94. The van der Waals surface area contributed by atoms with Gasteiger partial charge in [0.2, 0.25) is 0 Å². The van der Waals surface area contributed by atoms with Gasteiger partial charge in [-0.1, -0.05) is 103 Å². The van der Waals surface area contributed by atoms with E-state index in [1.54, 1.807) is 0 Å². The Morgan fingerprint density at radius 1 is 0.377 bits per heavy atom. The van der Waals surface area contributed by atoms with Crippen molar-refractivity contribution in [3.8, 4) is 45.5 Å². The van der Waals surface area contributed by atoms with Crippen LogP contribution in [0.5, 0.6) is 0 Å². The molecule has 7 aromatic carbocycles. The summed E-state index contributed by atoms with van der Waals surface area (Å²) in [5.41, 5.74) is 8.60. The largest absolute Gasteiger partial charge is 0.316 e. The molecule has 0 aliphatic carbocycles. The molecule has 4 aromatic heterocycles. The molecular weight excluding hydrogens is 667 g/mol. The van der Waals surface area contributed by atoms with Gasteiger partial charge in [0.15, 0.2) is 17.5 Å². The van der Waals surface area contributed by atoms with Crippen molar-refractivity contribution in [2.24, 2.45) is 0 Å². The molecule has 0 radical (unpaired) electrons. The van der Waals surface area contributed by atoms with Crippen LogP contribution in [-0.4, -0.2) is 24.1 Å². The van der Waals surface area contributed by atoms with Crippen LogP contribution in [-0.2, 0) is 0 Å². The number of nitrogens with zero attached hydrogens (tertiary/aromatic N) is 5. The highest BCUT2D eigenvalue weighted by Gasteiger charge is 2.20. The van der Waals surface area contributed by atoms with Gasteiger partial charge in [0, 0.05) is 70.6 Å². The Kier molecular flexibility index (Phi) is 6.66. The number of aromatic nitrogens is 5. The van der Waals surface area contributed by atoms with Crippen molar-refractivity contribution in [2.75, 3.05) is 0 Å². The number of para-hydroxylation sites is 1. The summed E-state index contributed by atoms with van der Waals surface area (Å²) in [5, 5.41) is 6.28. The van der Waals surface area contributed by atoms with Gasteiger partial charge in [-0.05, 0) is 66.7 Å². The van der Waals surface area contributed by atoms with Gasteiger partial charge in [-0.25, -0.2) is 15.0 Å². The Morgan fingerprint density at radius 3 is 1.66 bits per heavy atom. The summed E-state index contributed by atoms with van der Waals surface area (Å²) in [7, 11) is 0. The van der Waals surface area contributed by atoms with Crippen LogP contribution >= 0.6 is 11.3 Å². The smallest absolute Gasteiger partial charge is 0.164 e. The van der Waals surface area contributed by atoms with Gasteiger partial charge in [-0.3, -0.25) is 0 Å². The molecule has 0 spiro atoms. The van der Waals surface area contributed by atoms with Gasteiger partial charge >= 0.3 is 0 Å². The quantitative estimate of drug-likeness (QED) is 0.180. The first kappa shape index (κ1) is 29.8. The van der Waals surface area contributed by atoms with Crippen molar-refractivity contribution >= 4 is 64.2 Å². The average molecular weight is 696 g/mol. The third-order valence-corrected chi connectivity index (χ3v) is 11.3. The zero-order valence-corrected chi connectivity index (χ0v) is 29.2. The van der Waals surface area contributed by atoms with Crippen molar-refractivity contribution < 1.29 is 0 Å². The van der Waals surface area contributed by atoms with Gasteiger partial charge in [0.05, 0.1) is 16.6 Å². The van der Waals surface area contributed by atoms with E-state index in [1.807, 2.05) is 72.0 Å². The second-order valence-electron chi connectivity index (χ2n) is 13.3. The molecule has 0 fully saturated rings. The molecule has 0 atom stereocenters. The van der Waals surface area contributed by atoms with E-state index in [1.165, 1.54) is 52.9 Å². The SMILES string of the molecule is c1ccc(-c2nc(-c3ccccc3)nc(-c3ccc(-n4c5cc6sc7ccccc7c6cc5c5ccc6c(ccn6-c6ccccc6)c54)cc3)n2)cc1. The molecule has 0 unspecified atom stereocenters. The third kappa shape index (κ3) is 4.80. The van der Waals surface area contributed by atoms with E-state index >= 15 is 0 Å². The third-order valence-electron chi connectivity index (χ3n) is 10.2. The Labute approximate surface area is 308 Å². The lowest BCUT2D eigenvalue weighted by Gasteiger charge is -2.11. The zero-order valence-electron chi connectivity index (χ0n) is 28.4. The van der Waals surface area contributed by atoms with Gasteiger partial charge in [0.25, 0.3) is 0 Å². The number of fused-ring (bicyclic) bond motifs is 8. The van der Waals surface area contributed by atoms with Crippen LogP contribution in [0, 0.1) is 0 Å². The van der Waals surface area contributed by atoms with E-state index in [4.69, 9.17) is 15.0 Å². The van der Waals surface area contributed by atoms with Crippen LogP contribution in [0.25, 0.3) is 98.4 Å². The van der Waals surface area contributed by atoms with Gasteiger partial charge in [-0.2, -0.15) is 0 Å². The van der Waals surface area contributed by atoms with E-state index in [9.17, 15) is 0 Å². The summed E-state index contributed by atoms with van der Waals surface area (Å²) in [4.78, 5) is 14.9. The average Bonchev–Trinajstić information content (AvgIpc) is 3.92. The Hall–Kier alpha value is -6.89. The van der Waals surface area contributed by atoms with E-state index in [0.29, 0.717) is 17.5 Å². The number of rotatable bonds is 5. The highest BCUT2D eigenvalue weighted by atomic mass is 32.1. The molecule has 0 amide bonds. The van der Waals surface area contributed by atoms with E-state index in [2.05, 4.69) is 125 Å². The molecule has 0 saturated heterocycles. The highest BCUT2D eigenvalue weighted by Crippen LogP contribution is 2.43. The van der Waals surface area contributed by atoms with Crippen molar-refractivity contribution in [2.45, 2.75) is 0 Å². The summed E-state index contributed by atoms with van der Waals surface area (Å²) in [6.07, 6.45) is 2.19. The number of hydrogen-bond donors (Lipinski definition) is 0. The predicted molar refractivity (Wildman–Crippen MR) is 220 cm³/mol. The molecular formula is C47H29N5S. The lowest BCUT2D eigenvalue weighted by atomic mass is 10.1. The van der Waals surface area contributed by atoms with Crippen LogP contribution in [0.1, 0.15) is 0 Å². The normalized spacial score (nSPS) is 11.8. The molecule has 4 heterocycles. The maximum Gasteiger partial charge on any atom is 0.164 e. The predicted octanol–water partition coefficient (Wildman–Crippen LogP) is 12.3. The van der Waals surface area contributed by atoms with Crippen LogP contribution in [0.15, 0.2) is 176 Å². The molecule has 0 N–H and O–H groups in total. The first-order valence-corrected chi connectivity index (χ1v) is 18.5. The van der Waals surface area contributed by atoms with Gasteiger partial charge in [-0.15, -0.1) is 11.3 Å². The van der Waals surface area contributed by atoms with Gasteiger partial charge in [0.1, 0.15) is 0 Å². The zero-order chi connectivity index (χ0) is 34.9. The number of thiophene rings is 1. The first-order valence-electron chi connectivity index (χ1n) is 17.7. The maximum atomic E-state index is 4.99. The second kappa shape index (κ2) is 11.8. The van der Waals surface area contributed by atoms with Crippen LogP contribution in [0.4, 0.5) is 0 Å².